The highest BCUT2D eigenvalue weighted by Crippen LogP contribution is 2.43. The van der Waals surface area contributed by atoms with E-state index in [1.54, 1.807) is 0 Å². The van der Waals surface area contributed by atoms with Gasteiger partial charge in [-0.25, -0.2) is 4.79 Å². The fraction of sp³-hybridized carbons (Fsp3) is 0.550. The third-order valence-electron chi connectivity index (χ3n) is 5.91. The van der Waals surface area contributed by atoms with Crippen LogP contribution in [0.5, 0.6) is 0 Å². The van der Waals surface area contributed by atoms with Gasteiger partial charge in [0.1, 0.15) is 0 Å². The molecule has 0 saturated carbocycles. The summed E-state index contributed by atoms with van der Waals surface area (Å²) >= 11 is 1.82. The standard InChI is InChI=1S/C20H25N3O3S/c1-13-15(14(2)22-19(25)21-13)3-4-18(24)23-9-7-20(8-10-23)16-6-12-27-17(16)5-11-26-20/h6,12H,3-5,7-11H2,1-2H3,(H,21,22,25). The highest BCUT2D eigenvalue weighted by Gasteiger charge is 2.42. The first-order valence-electron chi connectivity index (χ1n) is 9.53. The lowest BCUT2D eigenvalue weighted by Crippen LogP contribution is -2.48. The Hall–Kier alpha value is -1.99. The third-order valence-corrected chi connectivity index (χ3v) is 6.89. The number of nitrogens with zero attached hydrogens (tertiary/aromatic N) is 2. The summed E-state index contributed by atoms with van der Waals surface area (Å²) in [6, 6.07) is 2.20. The number of carbonyl (C=O) groups is 1. The average molecular weight is 388 g/mol. The molecule has 1 amide bonds. The molecule has 4 rings (SSSR count). The zero-order valence-corrected chi connectivity index (χ0v) is 16.7. The number of aryl methyl sites for hydroxylation is 2. The summed E-state index contributed by atoms with van der Waals surface area (Å²) in [6.45, 7) is 5.93. The Bertz CT molecular complexity index is 883. The molecule has 2 aromatic heterocycles. The molecule has 0 radical (unpaired) electrons. The molecule has 0 atom stereocenters. The van der Waals surface area contributed by atoms with Crippen LogP contribution >= 0.6 is 11.3 Å². The van der Waals surface area contributed by atoms with Gasteiger partial charge in [0.25, 0.3) is 0 Å². The first-order chi connectivity index (χ1) is 13.0. The van der Waals surface area contributed by atoms with Crippen LogP contribution in [0.2, 0.25) is 0 Å². The highest BCUT2D eigenvalue weighted by atomic mass is 32.1. The number of thiophene rings is 1. The highest BCUT2D eigenvalue weighted by molar-refractivity contribution is 7.10. The van der Waals surface area contributed by atoms with Gasteiger partial charge in [0, 0.05) is 42.2 Å². The largest absolute Gasteiger partial charge is 0.370 e. The maximum absolute atomic E-state index is 12.7. The van der Waals surface area contributed by atoms with E-state index in [4.69, 9.17) is 4.74 Å². The number of fused-ring (bicyclic) bond motifs is 2. The molecule has 2 aromatic rings. The maximum Gasteiger partial charge on any atom is 0.345 e. The van der Waals surface area contributed by atoms with E-state index in [1.807, 2.05) is 30.1 Å². The Kier molecular flexibility index (Phi) is 4.90. The number of aromatic amines is 1. The number of hydrogen-bond donors (Lipinski definition) is 1. The minimum atomic E-state index is -0.332. The van der Waals surface area contributed by atoms with Crippen molar-refractivity contribution in [3.63, 3.8) is 0 Å². The second-order valence-electron chi connectivity index (χ2n) is 7.46. The lowest BCUT2D eigenvalue weighted by atomic mass is 9.82. The quantitative estimate of drug-likeness (QED) is 0.878. The number of piperidine rings is 1. The van der Waals surface area contributed by atoms with E-state index in [1.165, 1.54) is 10.4 Å². The Balaban J connectivity index is 1.38. The van der Waals surface area contributed by atoms with Crippen molar-refractivity contribution in [1.82, 2.24) is 14.9 Å². The zero-order valence-electron chi connectivity index (χ0n) is 15.8. The van der Waals surface area contributed by atoms with Gasteiger partial charge in [0.05, 0.1) is 12.2 Å². The van der Waals surface area contributed by atoms with Gasteiger partial charge in [-0.05, 0) is 55.7 Å². The van der Waals surface area contributed by atoms with Gasteiger partial charge in [-0.1, -0.05) is 0 Å². The van der Waals surface area contributed by atoms with E-state index in [0.717, 1.165) is 50.2 Å². The van der Waals surface area contributed by atoms with Crippen molar-refractivity contribution in [3.05, 3.63) is 49.3 Å². The lowest BCUT2D eigenvalue weighted by Gasteiger charge is -2.44. The normalized spacial score (nSPS) is 18.5. The molecule has 27 heavy (non-hydrogen) atoms. The first kappa shape index (κ1) is 18.4. The predicted octanol–water partition coefficient (Wildman–Crippen LogP) is 2.47. The number of hydrogen-bond acceptors (Lipinski definition) is 5. The zero-order chi connectivity index (χ0) is 19.0. The topological polar surface area (TPSA) is 75.3 Å². The average Bonchev–Trinajstić information content (AvgIpc) is 3.12. The maximum atomic E-state index is 12.7. The minimum Gasteiger partial charge on any atom is -0.370 e. The molecule has 0 unspecified atom stereocenters. The molecule has 1 spiro atoms. The van der Waals surface area contributed by atoms with Gasteiger partial charge in [-0.15, -0.1) is 11.3 Å². The fourth-order valence-corrected chi connectivity index (χ4v) is 5.35. The third kappa shape index (κ3) is 3.46. The molecule has 7 heteroatoms. The lowest BCUT2D eigenvalue weighted by molar-refractivity contribution is -0.140. The van der Waals surface area contributed by atoms with Gasteiger partial charge in [0.15, 0.2) is 0 Å². The molecule has 1 saturated heterocycles. The van der Waals surface area contributed by atoms with Gasteiger partial charge in [-0.3, -0.25) is 4.79 Å². The minimum absolute atomic E-state index is 0.163. The van der Waals surface area contributed by atoms with Gasteiger partial charge >= 0.3 is 5.69 Å². The number of rotatable bonds is 3. The van der Waals surface area contributed by atoms with Crippen LogP contribution in [0.4, 0.5) is 0 Å². The van der Waals surface area contributed by atoms with E-state index in [9.17, 15) is 9.59 Å². The Labute approximate surface area is 162 Å². The Morgan fingerprint density at radius 2 is 2.15 bits per heavy atom. The molecule has 6 nitrogen and oxygen atoms in total. The van der Waals surface area contributed by atoms with Crippen molar-refractivity contribution >= 4 is 17.2 Å². The summed E-state index contributed by atoms with van der Waals surface area (Å²) in [5.41, 5.74) is 3.30. The Morgan fingerprint density at radius 1 is 1.37 bits per heavy atom. The van der Waals surface area contributed by atoms with Crippen molar-refractivity contribution in [2.75, 3.05) is 19.7 Å². The SMILES string of the molecule is Cc1nc(=O)[nH]c(C)c1CCC(=O)N1CCC2(CC1)OCCc1sccc12. The smallest absolute Gasteiger partial charge is 0.345 e. The first-order valence-corrected chi connectivity index (χ1v) is 10.4. The number of ether oxygens (including phenoxy) is 1. The molecular weight excluding hydrogens is 362 g/mol. The summed E-state index contributed by atoms with van der Waals surface area (Å²) in [7, 11) is 0. The number of carbonyl (C=O) groups excluding carboxylic acids is 1. The van der Waals surface area contributed by atoms with Crippen molar-refractivity contribution in [1.29, 1.82) is 0 Å². The number of H-pyrrole nitrogens is 1. The van der Waals surface area contributed by atoms with Crippen LogP contribution in [0.25, 0.3) is 0 Å². The fourth-order valence-electron chi connectivity index (χ4n) is 4.40. The van der Waals surface area contributed by atoms with Crippen molar-refractivity contribution < 1.29 is 9.53 Å². The van der Waals surface area contributed by atoms with E-state index in [2.05, 4.69) is 21.4 Å². The van der Waals surface area contributed by atoms with E-state index < -0.39 is 0 Å². The molecular formula is C20H25N3O3S. The summed E-state index contributed by atoms with van der Waals surface area (Å²) in [5.74, 6) is 0.163. The van der Waals surface area contributed by atoms with E-state index >= 15 is 0 Å². The predicted molar refractivity (Wildman–Crippen MR) is 104 cm³/mol. The molecule has 4 heterocycles. The van der Waals surface area contributed by atoms with Crippen molar-refractivity contribution in [2.45, 2.75) is 51.6 Å². The van der Waals surface area contributed by atoms with Gasteiger partial charge in [0.2, 0.25) is 5.91 Å². The van der Waals surface area contributed by atoms with Crippen LogP contribution in [-0.2, 0) is 28.0 Å². The monoisotopic (exact) mass is 387 g/mol. The number of aromatic nitrogens is 2. The molecule has 2 aliphatic rings. The molecule has 0 aliphatic carbocycles. The van der Waals surface area contributed by atoms with Gasteiger partial charge < -0.3 is 14.6 Å². The van der Waals surface area contributed by atoms with Crippen LogP contribution in [0.1, 0.15) is 46.7 Å². The Morgan fingerprint density at radius 3 is 2.89 bits per heavy atom. The van der Waals surface area contributed by atoms with E-state index in [0.29, 0.717) is 18.5 Å². The molecule has 0 aromatic carbocycles. The number of nitrogens with one attached hydrogen (secondary N) is 1. The molecule has 2 aliphatic heterocycles. The second kappa shape index (κ2) is 7.20. The van der Waals surface area contributed by atoms with Gasteiger partial charge in [-0.2, -0.15) is 4.98 Å². The van der Waals surface area contributed by atoms with Crippen LogP contribution in [0.3, 0.4) is 0 Å². The van der Waals surface area contributed by atoms with Crippen molar-refractivity contribution in [2.24, 2.45) is 0 Å². The molecule has 1 fully saturated rings. The van der Waals surface area contributed by atoms with Crippen molar-refractivity contribution in [3.8, 4) is 0 Å². The molecule has 0 bridgehead atoms. The summed E-state index contributed by atoms with van der Waals surface area (Å²) < 4.78 is 6.22. The summed E-state index contributed by atoms with van der Waals surface area (Å²) in [5, 5.41) is 2.15. The second-order valence-corrected chi connectivity index (χ2v) is 8.46. The number of amides is 1. The van der Waals surface area contributed by atoms with E-state index in [-0.39, 0.29) is 17.2 Å². The molecule has 144 valence electrons. The van der Waals surface area contributed by atoms with Crippen LogP contribution in [0, 0.1) is 13.8 Å². The van der Waals surface area contributed by atoms with Crippen LogP contribution in [-0.4, -0.2) is 40.5 Å². The van der Waals surface area contributed by atoms with Crippen LogP contribution in [0.15, 0.2) is 16.2 Å². The molecule has 1 N–H and O–H groups in total. The van der Waals surface area contributed by atoms with Crippen LogP contribution < -0.4 is 5.69 Å². The summed E-state index contributed by atoms with van der Waals surface area (Å²) in [6.07, 6.45) is 3.77. The number of likely N-dealkylation sites (tertiary alicyclic amines) is 1. The summed E-state index contributed by atoms with van der Waals surface area (Å²) in [4.78, 5) is 34.2.